The molecule has 0 saturated carbocycles. The van der Waals surface area contributed by atoms with Gasteiger partial charge in [-0.05, 0) is 42.3 Å². The van der Waals surface area contributed by atoms with Crippen molar-refractivity contribution >= 4 is 50.1 Å². The van der Waals surface area contributed by atoms with Crippen LogP contribution in [-0.4, -0.2) is 33.7 Å². The summed E-state index contributed by atoms with van der Waals surface area (Å²) in [5.74, 6) is -1.44. The summed E-state index contributed by atoms with van der Waals surface area (Å²) in [6.45, 7) is 0. The highest BCUT2D eigenvalue weighted by molar-refractivity contribution is 7.90. The Bertz CT molecular complexity index is 1530. The molecule has 0 fully saturated rings. The zero-order valence-corrected chi connectivity index (χ0v) is 19.6. The van der Waals surface area contributed by atoms with Crippen LogP contribution < -0.4 is 4.74 Å². The number of hydrogen-bond donors (Lipinski definition) is 3. The Kier molecular flexibility index (Phi) is 6.35. The molecule has 0 atom stereocenters. The lowest BCUT2D eigenvalue weighted by atomic mass is 10.1. The third-order valence-electron chi connectivity index (χ3n) is 5.05. The van der Waals surface area contributed by atoms with Gasteiger partial charge in [0.25, 0.3) is 10.0 Å². The molecule has 4 aromatic rings. The van der Waals surface area contributed by atoms with E-state index in [0.717, 1.165) is 10.0 Å². The monoisotopic (exact) mass is 521 g/mol. The van der Waals surface area contributed by atoms with Crippen molar-refractivity contribution in [2.24, 2.45) is 0 Å². The first-order chi connectivity index (χ1) is 16.1. The largest absolute Gasteiger partial charge is 0.504 e. The van der Waals surface area contributed by atoms with Crippen molar-refractivity contribution in [1.82, 2.24) is 3.97 Å². The molecule has 11 heteroatoms. The van der Waals surface area contributed by atoms with Gasteiger partial charge in [0.15, 0.2) is 11.5 Å². The molecule has 3 aromatic carbocycles. The minimum Gasteiger partial charge on any atom is -0.504 e. The summed E-state index contributed by atoms with van der Waals surface area (Å²) in [7, 11) is -4.19. The predicted octanol–water partition coefficient (Wildman–Crippen LogP) is 5.41. The van der Waals surface area contributed by atoms with E-state index < -0.39 is 27.5 Å². The summed E-state index contributed by atoms with van der Waals surface area (Å²) in [5.41, 5.74) is 0.478. The summed E-state index contributed by atoms with van der Waals surface area (Å²) >= 11 is 11.9. The molecule has 0 radical (unpaired) electrons. The van der Waals surface area contributed by atoms with Gasteiger partial charge in [-0.1, -0.05) is 29.3 Å². The number of ether oxygens (including phenoxy) is 1. The van der Waals surface area contributed by atoms with Gasteiger partial charge in [-0.2, -0.15) is 0 Å². The van der Waals surface area contributed by atoms with E-state index in [-0.39, 0.29) is 34.0 Å². The lowest BCUT2D eigenvalue weighted by Crippen LogP contribution is -2.12. The second kappa shape index (κ2) is 9.09. The Balaban J connectivity index is 1.78. The van der Waals surface area contributed by atoms with Crippen molar-refractivity contribution in [3.05, 3.63) is 76.4 Å². The number of rotatable bonds is 7. The van der Waals surface area contributed by atoms with Gasteiger partial charge in [0, 0.05) is 36.2 Å². The molecule has 1 heterocycles. The number of aliphatic carboxylic acids is 1. The zero-order valence-electron chi connectivity index (χ0n) is 17.3. The number of carboxylic acids is 1. The maximum atomic E-state index is 13.5. The second-order valence-electron chi connectivity index (χ2n) is 7.36. The molecule has 0 bridgehead atoms. The van der Waals surface area contributed by atoms with Gasteiger partial charge in [0.2, 0.25) is 0 Å². The first kappa shape index (κ1) is 23.7. The Labute approximate surface area is 204 Å². The maximum Gasteiger partial charge on any atom is 0.303 e. The van der Waals surface area contributed by atoms with E-state index in [4.69, 9.17) is 33.0 Å². The van der Waals surface area contributed by atoms with Gasteiger partial charge >= 0.3 is 5.97 Å². The summed E-state index contributed by atoms with van der Waals surface area (Å²) < 4.78 is 33.7. The van der Waals surface area contributed by atoms with Gasteiger partial charge in [-0.3, -0.25) is 4.79 Å². The molecule has 176 valence electrons. The molecule has 0 saturated heterocycles. The first-order valence-electron chi connectivity index (χ1n) is 9.82. The lowest BCUT2D eigenvalue weighted by molar-refractivity contribution is -0.136. The van der Waals surface area contributed by atoms with E-state index >= 15 is 0 Å². The van der Waals surface area contributed by atoms with Crippen molar-refractivity contribution in [2.75, 3.05) is 0 Å². The van der Waals surface area contributed by atoms with E-state index in [1.54, 1.807) is 18.2 Å². The number of aromatic nitrogens is 1. The van der Waals surface area contributed by atoms with Gasteiger partial charge in [-0.15, -0.1) is 0 Å². The molecule has 0 unspecified atom stereocenters. The van der Waals surface area contributed by atoms with Crippen LogP contribution in [0, 0.1) is 0 Å². The molecule has 8 nitrogen and oxygen atoms in total. The van der Waals surface area contributed by atoms with Crippen LogP contribution in [-0.2, 0) is 21.2 Å². The van der Waals surface area contributed by atoms with Crippen LogP contribution in [0.1, 0.15) is 12.0 Å². The number of carboxylic acid groups (broad SMARTS) is 1. The highest BCUT2D eigenvalue weighted by Crippen LogP contribution is 2.36. The predicted molar refractivity (Wildman–Crippen MR) is 127 cm³/mol. The fourth-order valence-electron chi connectivity index (χ4n) is 3.41. The molecule has 0 amide bonds. The topological polar surface area (TPSA) is 126 Å². The van der Waals surface area contributed by atoms with E-state index in [1.807, 2.05) is 0 Å². The Morgan fingerprint density at radius 2 is 1.65 bits per heavy atom. The number of aryl methyl sites for hydroxylation is 1. The fourth-order valence-corrected chi connectivity index (χ4v) is 5.12. The summed E-state index contributed by atoms with van der Waals surface area (Å²) in [5, 5.41) is 29.8. The number of phenols is 2. The average Bonchev–Trinajstić information content (AvgIpc) is 3.13. The zero-order chi connectivity index (χ0) is 24.6. The molecule has 0 aliphatic rings. The Morgan fingerprint density at radius 1 is 0.941 bits per heavy atom. The molecular weight excluding hydrogens is 505 g/mol. The number of hydrogen-bond acceptors (Lipinski definition) is 6. The number of benzene rings is 3. The Hall–Kier alpha value is -3.40. The summed E-state index contributed by atoms with van der Waals surface area (Å²) in [6.07, 6.45) is 1.07. The second-order valence-corrected chi connectivity index (χ2v) is 9.99. The smallest absolute Gasteiger partial charge is 0.303 e. The highest BCUT2D eigenvalue weighted by atomic mass is 35.5. The molecule has 34 heavy (non-hydrogen) atoms. The van der Waals surface area contributed by atoms with Crippen LogP contribution in [0.15, 0.2) is 65.7 Å². The van der Waals surface area contributed by atoms with Gasteiger partial charge in [-0.25, -0.2) is 12.4 Å². The molecular formula is C23H17Cl2NO7S. The number of phenolic OH excluding ortho intramolecular Hbond substituents is 2. The van der Waals surface area contributed by atoms with E-state index in [9.17, 15) is 23.4 Å². The number of nitrogens with zero attached hydrogens (tertiary/aromatic N) is 1. The molecule has 1 aromatic heterocycles. The third-order valence-corrected chi connectivity index (χ3v) is 7.46. The average molecular weight is 522 g/mol. The van der Waals surface area contributed by atoms with Crippen molar-refractivity contribution in [3.8, 4) is 23.0 Å². The summed E-state index contributed by atoms with van der Waals surface area (Å²) in [6, 6.07) is 12.7. The van der Waals surface area contributed by atoms with E-state index in [1.165, 1.54) is 36.5 Å². The summed E-state index contributed by atoms with van der Waals surface area (Å²) in [4.78, 5) is 10.9. The molecule has 0 spiro atoms. The van der Waals surface area contributed by atoms with Gasteiger partial charge < -0.3 is 20.1 Å². The van der Waals surface area contributed by atoms with Crippen LogP contribution in [0.4, 0.5) is 0 Å². The molecule has 3 N–H and O–H groups in total. The Morgan fingerprint density at radius 3 is 2.35 bits per heavy atom. The van der Waals surface area contributed by atoms with Crippen LogP contribution in [0.5, 0.6) is 23.0 Å². The van der Waals surface area contributed by atoms with Crippen molar-refractivity contribution in [2.45, 2.75) is 17.7 Å². The number of aromatic hydroxyl groups is 2. The van der Waals surface area contributed by atoms with Crippen molar-refractivity contribution in [1.29, 1.82) is 0 Å². The van der Waals surface area contributed by atoms with Gasteiger partial charge in [0.05, 0.1) is 20.5 Å². The molecule has 0 aliphatic heterocycles. The van der Waals surface area contributed by atoms with Crippen LogP contribution in [0.2, 0.25) is 10.0 Å². The molecule has 4 rings (SSSR count). The molecule has 0 aliphatic carbocycles. The quantitative estimate of drug-likeness (QED) is 0.277. The van der Waals surface area contributed by atoms with E-state index in [2.05, 4.69) is 0 Å². The number of fused-ring (bicyclic) bond motifs is 1. The fraction of sp³-hybridized carbons (Fsp3) is 0.0870. The van der Waals surface area contributed by atoms with Crippen LogP contribution in [0.25, 0.3) is 10.9 Å². The van der Waals surface area contributed by atoms with Crippen molar-refractivity contribution < 1.29 is 33.3 Å². The van der Waals surface area contributed by atoms with Crippen molar-refractivity contribution in [3.63, 3.8) is 0 Å². The SMILES string of the molecule is O=C(O)CCc1cn(S(=O)(=O)c2cccc(Oc3ccc(Cl)c(Cl)c3)c2)c2cc(O)c(O)cc12. The van der Waals surface area contributed by atoms with Gasteiger partial charge in [0.1, 0.15) is 11.5 Å². The lowest BCUT2D eigenvalue weighted by Gasteiger charge is -2.11. The first-order valence-corrected chi connectivity index (χ1v) is 12.0. The third kappa shape index (κ3) is 4.63. The highest BCUT2D eigenvalue weighted by Gasteiger charge is 2.23. The standard InChI is InChI=1S/C23H17Cl2NO7S/c24-18-6-5-15(9-19(18)25)33-14-2-1-3-16(8-14)34(31,32)26-12-13(4-7-23(29)30)17-10-21(27)22(28)11-20(17)26/h1-3,5-6,8-12,27-28H,4,7H2,(H,29,30). The number of halogens is 2. The maximum absolute atomic E-state index is 13.5. The van der Waals surface area contributed by atoms with Crippen LogP contribution >= 0.6 is 23.2 Å². The normalized spacial score (nSPS) is 11.6. The number of carbonyl (C=O) groups is 1. The minimum atomic E-state index is -4.19. The van der Waals surface area contributed by atoms with E-state index in [0.29, 0.717) is 21.7 Å². The minimum absolute atomic E-state index is 0.0268. The van der Waals surface area contributed by atoms with Crippen LogP contribution in [0.3, 0.4) is 0 Å².